The highest BCUT2D eigenvalue weighted by molar-refractivity contribution is 5.29. The molecular weight excluding hydrogens is 1100 g/mol. The predicted octanol–water partition coefficient (Wildman–Crippen LogP) is 24.9. The summed E-state index contributed by atoms with van der Waals surface area (Å²) in [7, 11) is 0. The maximum absolute atomic E-state index is 5.27. The van der Waals surface area contributed by atoms with Gasteiger partial charge >= 0.3 is 0 Å². The number of aromatic nitrogens is 12. The molecule has 0 aliphatic carbocycles. The van der Waals surface area contributed by atoms with Gasteiger partial charge in [-0.05, 0) is 113 Å². The van der Waals surface area contributed by atoms with Crippen LogP contribution in [0.15, 0.2) is 40.2 Å². The summed E-state index contributed by atoms with van der Waals surface area (Å²) < 4.78 is 10.4. The molecule has 5 N–H and O–H groups in total. The molecule has 89 heavy (non-hydrogen) atoms. The number of hydrogen-bond acceptors (Lipinski definition) is 9. The molecule has 0 amide bonds. The van der Waals surface area contributed by atoms with Crippen LogP contribution in [0.1, 0.15) is 436 Å². The first kappa shape index (κ1) is 92.2. The Balaban J connectivity index is -0.000000301. The van der Waals surface area contributed by atoms with Gasteiger partial charge in [-0.25, -0.2) is 4.98 Å². The van der Waals surface area contributed by atoms with Crippen LogP contribution in [0.3, 0.4) is 0 Å². The number of nitrogens with one attached hydrogen (secondary N) is 5. The fourth-order valence-corrected chi connectivity index (χ4v) is 9.18. The maximum Gasteiger partial charge on any atom is 0.142 e. The summed E-state index contributed by atoms with van der Waals surface area (Å²) >= 11 is 0. The first-order chi connectivity index (χ1) is 41.7. The Kier molecular flexibility index (Phi) is 53.0. The van der Waals surface area contributed by atoms with E-state index < -0.39 is 0 Å². The van der Waals surface area contributed by atoms with E-state index in [9.17, 15) is 0 Å². The molecule has 0 fully saturated rings. The average molecular weight is 1250 g/mol. The van der Waals surface area contributed by atoms with Gasteiger partial charge in [0, 0.05) is 45.5 Å². The monoisotopic (exact) mass is 1250 g/mol. The Bertz CT molecular complexity index is 2200. The largest absolute Gasteiger partial charge is 0.361 e. The molecule has 0 spiro atoms. The highest BCUT2D eigenvalue weighted by Crippen LogP contribution is 2.31. The SMILES string of the molecule is CC.CC.CC.CC.CC.CC(C)c1cn[nH]c1C(C)C.CC(C)c1cn[nH]c1C(C)C.CC(C)c1cn[nH]c1C(C)C.CC(C)c1cn[nH]c1C(C)C.CC(C)c1nc[nH]c1C(C)C.Cc1noc(C(C)C)c1C(C)C.Cc1onc(C(C)C)c1C(C)C. The minimum absolute atomic E-state index is 0.434. The number of imidazole rings is 1. The van der Waals surface area contributed by atoms with E-state index in [4.69, 9.17) is 9.05 Å². The molecule has 0 unspecified atom stereocenters. The highest BCUT2D eigenvalue weighted by atomic mass is 16.5. The van der Waals surface area contributed by atoms with Crippen LogP contribution in [0.4, 0.5) is 0 Å². The number of nitrogens with zero attached hydrogens (tertiary/aromatic N) is 7. The highest BCUT2D eigenvalue weighted by Gasteiger charge is 2.20. The lowest BCUT2D eigenvalue weighted by atomic mass is 9.96. The lowest BCUT2D eigenvalue weighted by Gasteiger charge is -2.07. The van der Waals surface area contributed by atoms with Gasteiger partial charge in [-0.3, -0.25) is 20.4 Å². The molecule has 0 atom stereocenters. The molecule has 7 aromatic heterocycles. The summed E-state index contributed by atoms with van der Waals surface area (Å²) in [4.78, 5) is 7.46. The van der Waals surface area contributed by atoms with E-state index in [1.807, 2.05) is 108 Å². The molecule has 0 saturated carbocycles. The Morgan fingerprint density at radius 2 is 0.573 bits per heavy atom. The van der Waals surface area contributed by atoms with Gasteiger partial charge in [-0.15, -0.1) is 0 Å². The van der Waals surface area contributed by atoms with Crippen molar-refractivity contribution in [3.63, 3.8) is 0 Å². The average Bonchev–Trinajstić information content (AvgIpc) is 3.76. The first-order valence-corrected chi connectivity index (χ1v) is 34.8. The van der Waals surface area contributed by atoms with Crippen molar-refractivity contribution in [1.29, 1.82) is 0 Å². The van der Waals surface area contributed by atoms with Crippen molar-refractivity contribution in [2.75, 3.05) is 0 Å². The van der Waals surface area contributed by atoms with Crippen LogP contribution in [0, 0.1) is 13.8 Å². The normalized spacial score (nSPS) is 10.5. The van der Waals surface area contributed by atoms with E-state index in [-0.39, 0.29) is 0 Å². The van der Waals surface area contributed by atoms with Crippen molar-refractivity contribution in [3.05, 3.63) is 122 Å². The molecule has 0 aromatic carbocycles. The number of rotatable bonds is 14. The summed E-state index contributed by atoms with van der Waals surface area (Å²) in [6.45, 7) is 84.9. The zero-order chi connectivity index (χ0) is 70.8. The van der Waals surface area contributed by atoms with Gasteiger partial charge in [0.15, 0.2) is 0 Å². The predicted molar refractivity (Wildman–Crippen MR) is 389 cm³/mol. The number of aromatic amines is 5. The minimum atomic E-state index is 0.434. The van der Waals surface area contributed by atoms with Gasteiger partial charge in [-0.1, -0.05) is 273 Å². The third-order valence-corrected chi connectivity index (χ3v) is 13.5. The molecule has 14 nitrogen and oxygen atoms in total. The third-order valence-electron chi connectivity index (χ3n) is 13.5. The van der Waals surface area contributed by atoms with E-state index in [0.29, 0.717) is 82.9 Å². The van der Waals surface area contributed by atoms with E-state index in [2.05, 4.69) is 255 Å². The fourth-order valence-electron chi connectivity index (χ4n) is 9.18. The summed E-state index contributed by atoms with van der Waals surface area (Å²) in [5, 5.41) is 36.4. The van der Waals surface area contributed by atoms with Gasteiger partial charge in [0.1, 0.15) is 11.5 Å². The Labute approximate surface area is 548 Å². The number of hydrogen-bond donors (Lipinski definition) is 5. The van der Waals surface area contributed by atoms with Crippen molar-refractivity contribution in [2.24, 2.45) is 0 Å². The molecule has 14 heteroatoms. The van der Waals surface area contributed by atoms with E-state index in [1.165, 1.54) is 67.5 Å². The zero-order valence-electron chi connectivity index (χ0n) is 65.4. The minimum Gasteiger partial charge on any atom is -0.361 e. The van der Waals surface area contributed by atoms with Gasteiger partial charge in [0.2, 0.25) is 0 Å². The lowest BCUT2D eigenvalue weighted by Crippen LogP contribution is -1.97. The van der Waals surface area contributed by atoms with Crippen LogP contribution in [0.25, 0.3) is 0 Å². The third kappa shape index (κ3) is 33.4. The smallest absolute Gasteiger partial charge is 0.142 e. The topological polar surface area (TPSA) is 195 Å². The van der Waals surface area contributed by atoms with Gasteiger partial charge < -0.3 is 14.0 Å². The summed E-state index contributed by atoms with van der Waals surface area (Å²) in [6.07, 6.45) is 9.50. The Hall–Kier alpha value is -5.53. The molecule has 516 valence electrons. The second-order valence-electron chi connectivity index (χ2n) is 25.4. The number of H-pyrrole nitrogens is 5. The van der Waals surface area contributed by atoms with Crippen LogP contribution in [-0.2, 0) is 0 Å². The second-order valence-corrected chi connectivity index (χ2v) is 25.4. The molecule has 7 rings (SSSR count). The molecule has 0 aliphatic heterocycles. The zero-order valence-corrected chi connectivity index (χ0v) is 65.4. The summed E-state index contributed by atoms with van der Waals surface area (Å²) in [5.74, 6) is 9.50. The molecule has 0 aliphatic rings. The Morgan fingerprint density at radius 3 is 0.753 bits per heavy atom. The van der Waals surface area contributed by atoms with Gasteiger partial charge in [0.25, 0.3) is 0 Å². The lowest BCUT2D eigenvalue weighted by molar-refractivity contribution is 0.365. The van der Waals surface area contributed by atoms with E-state index in [0.717, 1.165) is 22.9 Å². The summed E-state index contributed by atoms with van der Waals surface area (Å²) in [5.41, 5.74) is 17.7. The molecule has 0 radical (unpaired) electrons. The van der Waals surface area contributed by atoms with E-state index >= 15 is 0 Å². The van der Waals surface area contributed by atoms with Crippen molar-refractivity contribution in [3.8, 4) is 0 Å². The molecular formula is C75H144N12O2. The fraction of sp³-hybridized carbons (Fsp3) is 0.720. The van der Waals surface area contributed by atoms with Crippen LogP contribution >= 0.6 is 0 Å². The second kappa shape index (κ2) is 51.1. The first-order valence-electron chi connectivity index (χ1n) is 34.8. The van der Waals surface area contributed by atoms with Crippen molar-refractivity contribution in [2.45, 2.75) is 360 Å². The summed E-state index contributed by atoms with van der Waals surface area (Å²) in [6, 6.07) is 0. The standard InChI is InChI=1S/2C10H17NO.5C9H16N2.5C2H6/c1-6(2)9-8(5)12-11-10(9)7(3)4;1-6(2)9-8(5)11-12-10(9)7(3)4;1-6(2)8-9(7(3)4)11-5-10-8;4*1-6(2)8-5-10-11-9(8)7(3)4;5*1-2/h2*6-7H,1-5H3;5*5-7H,1-4H3,(H,10,11);5*1-2H3. The maximum atomic E-state index is 5.27. The molecule has 0 saturated heterocycles. The van der Waals surface area contributed by atoms with Crippen LogP contribution < -0.4 is 0 Å². The molecule has 7 heterocycles. The van der Waals surface area contributed by atoms with Crippen molar-refractivity contribution in [1.82, 2.24) is 61.1 Å². The van der Waals surface area contributed by atoms with Gasteiger partial charge in [0.05, 0.1) is 48.2 Å². The van der Waals surface area contributed by atoms with Crippen molar-refractivity contribution < 1.29 is 9.05 Å². The van der Waals surface area contributed by atoms with Crippen molar-refractivity contribution >= 4 is 0 Å². The molecule has 7 aromatic rings. The van der Waals surface area contributed by atoms with Crippen LogP contribution in [0.5, 0.6) is 0 Å². The quantitative estimate of drug-likeness (QED) is 0.0704. The van der Waals surface area contributed by atoms with E-state index in [1.54, 1.807) is 6.33 Å². The number of aryl methyl sites for hydroxylation is 2. The Morgan fingerprint density at radius 1 is 0.292 bits per heavy atom. The van der Waals surface area contributed by atoms with Crippen LogP contribution in [0.2, 0.25) is 0 Å². The van der Waals surface area contributed by atoms with Crippen LogP contribution in [-0.4, -0.2) is 61.1 Å². The molecule has 0 bridgehead atoms. The van der Waals surface area contributed by atoms with Gasteiger partial charge in [-0.2, -0.15) is 20.4 Å².